The van der Waals surface area contributed by atoms with Gasteiger partial charge in [-0.15, -0.1) is 0 Å². The lowest BCUT2D eigenvalue weighted by atomic mass is 10.1. The second kappa shape index (κ2) is 4.69. The van der Waals surface area contributed by atoms with Gasteiger partial charge in [0.25, 0.3) is 0 Å². The average molecular weight is 144 g/mol. The van der Waals surface area contributed by atoms with Crippen LogP contribution >= 0.6 is 0 Å². The molecule has 2 heteroatoms. The highest BCUT2D eigenvalue weighted by molar-refractivity contribution is 4.70. The van der Waals surface area contributed by atoms with E-state index in [0.717, 1.165) is 13.0 Å². The summed E-state index contributed by atoms with van der Waals surface area (Å²) in [4.78, 5) is 2.32. The number of rotatable bonds is 4. The Labute approximate surface area is 64.4 Å². The third-order valence-electron chi connectivity index (χ3n) is 2.13. The van der Waals surface area contributed by atoms with Crippen LogP contribution in [0.4, 0.5) is 0 Å². The Balaban J connectivity index is 3.76. The molecular formula is C8H20N2. The maximum absolute atomic E-state index is 5.58. The van der Waals surface area contributed by atoms with Crippen molar-refractivity contribution < 1.29 is 0 Å². The van der Waals surface area contributed by atoms with Crippen LogP contribution in [0.5, 0.6) is 0 Å². The van der Waals surface area contributed by atoms with Gasteiger partial charge < -0.3 is 5.73 Å². The summed E-state index contributed by atoms with van der Waals surface area (Å²) in [5, 5.41) is 0. The predicted molar refractivity (Wildman–Crippen MR) is 46.0 cm³/mol. The fourth-order valence-corrected chi connectivity index (χ4v) is 1.04. The number of hydrogen-bond donors (Lipinski definition) is 1. The molecule has 0 rings (SSSR count). The molecule has 0 aliphatic rings. The molecule has 0 aromatic rings. The lowest BCUT2D eigenvalue weighted by Crippen LogP contribution is -2.41. The van der Waals surface area contributed by atoms with E-state index in [1.807, 2.05) is 0 Å². The van der Waals surface area contributed by atoms with E-state index in [1.165, 1.54) is 0 Å². The van der Waals surface area contributed by atoms with Crippen LogP contribution in [0.3, 0.4) is 0 Å². The largest absolute Gasteiger partial charge is 0.329 e. The monoisotopic (exact) mass is 144 g/mol. The van der Waals surface area contributed by atoms with Gasteiger partial charge in [0.2, 0.25) is 0 Å². The van der Waals surface area contributed by atoms with Crippen molar-refractivity contribution in [3.05, 3.63) is 0 Å². The van der Waals surface area contributed by atoms with Crippen LogP contribution < -0.4 is 5.73 Å². The van der Waals surface area contributed by atoms with Crippen molar-refractivity contribution >= 4 is 0 Å². The first-order valence-corrected chi connectivity index (χ1v) is 4.05. The van der Waals surface area contributed by atoms with E-state index >= 15 is 0 Å². The van der Waals surface area contributed by atoms with Gasteiger partial charge in [-0.1, -0.05) is 6.92 Å². The number of nitrogens with two attached hydrogens (primary N) is 1. The third-order valence-corrected chi connectivity index (χ3v) is 2.13. The molecule has 0 saturated carbocycles. The van der Waals surface area contributed by atoms with E-state index in [0.29, 0.717) is 12.1 Å². The second-order valence-corrected chi connectivity index (χ2v) is 3.06. The van der Waals surface area contributed by atoms with Gasteiger partial charge in [0.05, 0.1) is 0 Å². The van der Waals surface area contributed by atoms with Crippen molar-refractivity contribution in [3.8, 4) is 0 Å². The van der Waals surface area contributed by atoms with E-state index in [1.54, 1.807) is 0 Å². The number of nitrogens with zero attached hydrogens (tertiary/aromatic N) is 1. The third kappa shape index (κ3) is 2.67. The van der Waals surface area contributed by atoms with Crippen molar-refractivity contribution in [2.75, 3.05) is 13.6 Å². The quantitative estimate of drug-likeness (QED) is 0.639. The summed E-state index contributed by atoms with van der Waals surface area (Å²) in [5.74, 6) is 0. The first-order valence-electron chi connectivity index (χ1n) is 4.05. The normalized spacial score (nSPS) is 14.7. The zero-order valence-corrected chi connectivity index (χ0v) is 7.59. The van der Waals surface area contributed by atoms with Gasteiger partial charge >= 0.3 is 0 Å². The van der Waals surface area contributed by atoms with Crippen LogP contribution in [0, 0.1) is 0 Å². The summed E-state index contributed by atoms with van der Waals surface area (Å²) in [7, 11) is 2.13. The highest BCUT2D eigenvalue weighted by atomic mass is 15.2. The first kappa shape index (κ1) is 9.92. The molecular weight excluding hydrogens is 124 g/mol. The van der Waals surface area contributed by atoms with Crippen molar-refractivity contribution in [1.29, 1.82) is 0 Å². The topological polar surface area (TPSA) is 29.3 Å². The molecule has 62 valence electrons. The second-order valence-electron chi connectivity index (χ2n) is 3.06. The summed E-state index contributed by atoms with van der Waals surface area (Å²) < 4.78 is 0. The fraction of sp³-hybridized carbons (Fsp3) is 1.00. The van der Waals surface area contributed by atoms with Crippen LogP contribution in [0.2, 0.25) is 0 Å². The summed E-state index contributed by atoms with van der Waals surface area (Å²) in [5.41, 5.74) is 5.58. The van der Waals surface area contributed by atoms with E-state index in [-0.39, 0.29) is 0 Å². The lowest BCUT2D eigenvalue weighted by Gasteiger charge is -2.29. The van der Waals surface area contributed by atoms with Crippen molar-refractivity contribution in [2.45, 2.75) is 39.3 Å². The average Bonchev–Trinajstić information content (AvgIpc) is 1.90. The Bertz CT molecular complexity index is 77.3. The number of hydrogen-bond acceptors (Lipinski definition) is 2. The molecule has 10 heavy (non-hydrogen) atoms. The zero-order valence-electron chi connectivity index (χ0n) is 7.59. The Morgan fingerprint density at radius 2 is 1.90 bits per heavy atom. The van der Waals surface area contributed by atoms with Gasteiger partial charge in [-0.05, 0) is 27.3 Å². The summed E-state index contributed by atoms with van der Waals surface area (Å²) in [6.45, 7) is 7.33. The highest BCUT2D eigenvalue weighted by Crippen LogP contribution is 2.03. The molecule has 0 spiro atoms. The van der Waals surface area contributed by atoms with Crippen LogP contribution in [-0.2, 0) is 0 Å². The summed E-state index contributed by atoms with van der Waals surface area (Å²) in [6.07, 6.45) is 1.14. The summed E-state index contributed by atoms with van der Waals surface area (Å²) >= 11 is 0. The molecule has 2 N–H and O–H groups in total. The minimum absolute atomic E-state index is 0.556. The molecule has 0 bridgehead atoms. The maximum atomic E-state index is 5.58. The highest BCUT2D eigenvalue weighted by Gasteiger charge is 2.12. The van der Waals surface area contributed by atoms with E-state index in [4.69, 9.17) is 5.73 Å². The van der Waals surface area contributed by atoms with Crippen LogP contribution in [0.25, 0.3) is 0 Å². The molecule has 1 atom stereocenters. The molecule has 0 aliphatic heterocycles. The van der Waals surface area contributed by atoms with Crippen molar-refractivity contribution in [3.63, 3.8) is 0 Å². The molecule has 0 radical (unpaired) electrons. The fourth-order valence-electron chi connectivity index (χ4n) is 1.04. The number of likely N-dealkylation sites (N-methyl/N-ethyl adjacent to an activating group) is 1. The molecule has 0 aromatic heterocycles. The molecule has 0 amide bonds. The van der Waals surface area contributed by atoms with Gasteiger partial charge in [-0.25, -0.2) is 0 Å². The van der Waals surface area contributed by atoms with Gasteiger partial charge in [0, 0.05) is 18.6 Å². The van der Waals surface area contributed by atoms with E-state index in [2.05, 4.69) is 32.7 Å². The van der Waals surface area contributed by atoms with Crippen LogP contribution in [-0.4, -0.2) is 30.6 Å². The Kier molecular flexibility index (Phi) is 4.65. The smallest absolute Gasteiger partial charge is 0.0215 e. The molecule has 0 aliphatic carbocycles. The van der Waals surface area contributed by atoms with Crippen molar-refractivity contribution in [1.82, 2.24) is 4.90 Å². The molecule has 2 nitrogen and oxygen atoms in total. The minimum atomic E-state index is 0.556. The SMILES string of the molecule is CCC(CN)N(C)C(C)C. The molecule has 0 fully saturated rings. The molecule has 0 aromatic carbocycles. The van der Waals surface area contributed by atoms with Gasteiger partial charge in [0.1, 0.15) is 0 Å². The first-order chi connectivity index (χ1) is 4.63. The van der Waals surface area contributed by atoms with E-state index in [9.17, 15) is 0 Å². The molecule has 0 heterocycles. The standard InChI is InChI=1S/C8H20N2/c1-5-8(6-9)10(4)7(2)3/h7-8H,5-6,9H2,1-4H3. The van der Waals surface area contributed by atoms with Gasteiger partial charge in [-0.3, -0.25) is 4.90 Å². The zero-order chi connectivity index (χ0) is 8.15. The van der Waals surface area contributed by atoms with Crippen molar-refractivity contribution in [2.24, 2.45) is 5.73 Å². The minimum Gasteiger partial charge on any atom is -0.329 e. The summed E-state index contributed by atoms with van der Waals surface area (Å²) in [6, 6.07) is 1.16. The Hall–Kier alpha value is -0.0800. The van der Waals surface area contributed by atoms with E-state index < -0.39 is 0 Å². The maximum Gasteiger partial charge on any atom is 0.0215 e. The van der Waals surface area contributed by atoms with Gasteiger partial charge in [-0.2, -0.15) is 0 Å². The lowest BCUT2D eigenvalue weighted by molar-refractivity contribution is 0.195. The van der Waals surface area contributed by atoms with Crippen LogP contribution in [0.15, 0.2) is 0 Å². The Morgan fingerprint density at radius 1 is 1.40 bits per heavy atom. The molecule has 0 saturated heterocycles. The Morgan fingerprint density at radius 3 is 2.00 bits per heavy atom. The molecule has 1 unspecified atom stereocenters. The predicted octanol–water partition coefficient (Wildman–Crippen LogP) is 1.06. The van der Waals surface area contributed by atoms with Crippen LogP contribution in [0.1, 0.15) is 27.2 Å². The van der Waals surface area contributed by atoms with Gasteiger partial charge in [0.15, 0.2) is 0 Å².